The quantitative estimate of drug-likeness (QED) is 0.661. The number of carbonyl (C=O) groups excluding carboxylic acids is 1. The lowest BCUT2D eigenvalue weighted by atomic mass is 9.99. The molecule has 1 amide bonds. The van der Waals surface area contributed by atoms with E-state index < -0.39 is 10.0 Å². The van der Waals surface area contributed by atoms with Crippen molar-refractivity contribution in [2.24, 2.45) is 5.92 Å². The molecule has 0 saturated carbocycles. The van der Waals surface area contributed by atoms with Crippen molar-refractivity contribution in [3.05, 3.63) is 24.3 Å². The number of hydrogen-bond acceptors (Lipinski definition) is 5. The first-order chi connectivity index (χ1) is 13.5. The summed E-state index contributed by atoms with van der Waals surface area (Å²) in [5.74, 6) is 0.299. The van der Waals surface area contributed by atoms with Crippen molar-refractivity contribution in [3.63, 3.8) is 0 Å². The Kier molecular flexibility index (Phi) is 7.31. The minimum absolute atomic E-state index is 0.0314. The van der Waals surface area contributed by atoms with Crippen LogP contribution in [0.4, 0.5) is 0 Å². The summed E-state index contributed by atoms with van der Waals surface area (Å²) in [6, 6.07) is 6.38. The number of likely N-dealkylation sites (tertiary alicyclic amines) is 1. The topological polar surface area (TPSA) is 79.0 Å². The number of hydrogen-bond donors (Lipinski definition) is 1. The average molecular weight is 410 g/mol. The number of ether oxygens (including phenoxy) is 1. The molecule has 28 heavy (non-hydrogen) atoms. The van der Waals surface area contributed by atoms with Gasteiger partial charge in [-0.1, -0.05) is 0 Å². The normalized spacial score (nSPS) is 21.5. The Labute approximate surface area is 168 Å². The summed E-state index contributed by atoms with van der Waals surface area (Å²) in [6.07, 6.45) is 4.90. The molecule has 1 atom stereocenters. The first-order valence-electron chi connectivity index (χ1n) is 10.1. The van der Waals surface area contributed by atoms with Gasteiger partial charge >= 0.3 is 0 Å². The fourth-order valence-corrected chi connectivity index (χ4v) is 5.46. The molecule has 8 heteroatoms. The third kappa shape index (κ3) is 5.24. The van der Waals surface area contributed by atoms with Crippen LogP contribution >= 0.6 is 0 Å². The number of methoxy groups -OCH3 is 1. The number of rotatable bonds is 8. The number of piperidine rings is 1. The monoisotopic (exact) mass is 409 g/mol. The maximum atomic E-state index is 12.9. The molecule has 2 fully saturated rings. The Morgan fingerprint density at radius 2 is 1.86 bits per heavy atom. The molecule has 0 unspecified atom stereocenters. The van der Waals surface area contributed by atoms with E-state index in [0.29, 0.717) is 25.3 Å². The molecule has 0 aromatic heterocycles. The van der Waals surface area contributed by atoms with Crippen LogP contribution in [0.3, 0.4) is 0 Å². The molecular weight excluding hydrogens is 378 g/mol. The van der Waals surface area contributed by atoms with Crippen LogP contribution in [0.15, 0.2) is 29.2 Å². The van der Waals surface area contributed by atoms with Gasteiger partial charge in [-0.2, -0.15) is 4.31 Å². The van der Waals surface area contributed by atoms with Crippen molar-refractivity contribution in [1.29, 1.82) is 0 Å². The number of sulfonamides is 1. The van der Waals surface area contributed by atoms with Gasteiger partial charge < -0.3 is 15.0 Å². The Bertz CT molecular complexity index is 745. The first kappa shape index (κ1) is 21.1. The molecule has 0 bridgehead atoms. The van der Waals surface area contributed by atoms with Crippen molar-refractivity contribution < 1.29 is 17.9 Å². The summed E-state index contributed by atoms with van der Waals surface area (Å²) in [7, 11) is -2.05. The highest BCUT2D eigenvalue weighted by Crippen LogP contribution is 2.25. The third-order valence-corrected chi connectivity index (χ3v) is 7.48. The molecule has 2 aliphatic heterocycles. The third-order valence-electron chi connectivity index (χ3n) is 5.60. The molecule has 0 radical (unpaired) electrons. The van der Waals surface area contributed by atoms with Gasteiger partial charge in [-0.25, -0.2) is 8.42 Å². The molecule has 1 aromatic carbocycles. The van der Waals surface area contributed by atoms with Crippen LogP contribution in [0.1, 0.15) is 32.1 Å². The van der Waals surface area contributed by atoms with Crippen molar-refractivity contribution in [2.75, 3.05) is 46.4 Å². The van der Waals surface area contributed by atoms with E-state index in [1.54, 1.807) is 31.4 Å². The van der Waals surface area contributed by atoms with Gasteiger partial charge in [-0.15, -0.1) is 0 Å². The van der Waals surface area contributed by atoms with E-state index in [4.69, 9.17) is 4.74 Å². The minimum Gasteiger partial charge on any atom is -0.497 e. The lowest BCUT2D eigenvalue weighted by Gasteiger charge is -2.31. The summed E-state index contributed by atoms with van der Waals surface area (Å²) in [5.41, 5.74) is 0. The second-order valence-electron chi connectivity index (χ2n) is 7.57. The number of benzene rings is 1. The maximum Gasteiger partial charge on any atom is 0.243 e. The molecule has 0 aliphatic carbocycles. The van der Waals surface area contributed by atoms with E-state index in [9.17, 15) is 13.2 Å². The van der Waals surface area contributed by atoms with Gasteiger partial charge in [0.25, 0.3) is 0 Å². The van der Waals surface area contributed by atoms with Crippen molar-refractivity contribution in [2.45, 2.75) is 37.0 Å². The van der Waals surface area contributed by atoms with Crippen LogP contribution in [0.2, 0.25) is 0 Å². The van der Waals surface area contributed by atoms with Crippen molar-refractivity contribution in [1.82, 2.24) is 14.5 Å². The fourth-order valence-electron chi connectivity index (χ4n) is 3.94. The summed E-state index contributed by atoms with van der Waals surface area (Å²) >= 11 is 0. The van der Waals surface area contributed by atoms with Crippen LogP contribution in [0.25, 0.3) is 0 Å². The molecule has 2 saturated heterocycles. The Morgan fingerprint density at radius 3 is 2.54 bits per heavy atom. The van der Waals surface area contributed by atoms with Gasteiger partial charge in [0.1, 0.15) is 5.75 Å². The predicted octanol–water partition coefficient (Wildman–Crippen LogP) is 1.70. The van der Waals surface area contributed by atoms with Gasteiger partial charge in [-0.3, -0.25) is 4.79 Å². The van der Waals surface area contributed by atoms with Crippen molar-refractivity contribution in [3.8, 4) is 5.75 Å². The number of nitrogens with one attached hydrogen (secondary N) is 1. The molecule has 156 valence electrons. The zero-order chi connectivity index (χ0) is 20.0. The molecule has 1 N–H and O–H groups in total. The zero-order valence-corrected chi connectivity index (χ0v) is 17.4. The Balaban J connectivity index is 1.51. The largest absolute Gasteiger partial charge is 0.497 e. The van der Waals surface area contributed by atoms with Crippen LogP contribution < -0.4 is 10.1 Å². The summed E-state index contributed by atoms with van der Waals surface area (Å²) < 4.78 is 32.3. The predicted molar refractivity (Wildman–Crippen MR) is 108 cm³/mol. The van der Waals surface area contributed by atoms with Crippen LogP contribution in [-0.2, 0) is 14.8 Å². The van der Waals surface area contributed by atoms with E-state index in [0.717, 1.165) is 32.5 Å². The van der Waals surface area contributed by atoms with Gasteiger partial charge in [0.05, 0.1) is 17.9 Å². The van der Waals surface area contributed by atoms with E-state index in [1.165, 1.54) is 17.1 Å². The van der Waals surface area contributed by atoms with Crippen molar-refractivity contribution >= 4 is 15.9 Å². The molecule has 7 nitrogen and oxygen atoms in total. The Morgan fingerprint density at radius 1 is 1.14 bits per heavy atom. The minimum atomic E-state index is -3.60. The van der Waals surface area contributed by atoms with Gasteiger partial charge in [0.15, 0.2) is 0 Å². The molecule has 2 heterocycles. The highest BCUT2D eigenvalue weighted by Gasteiger charge is 2.33. The number of carbonyl (C=O) groups is 1. The lowest BCUT2D eigenvalue weighted by molar-refractivity contribution is -0.126. The van der Waals surface area contributed by atoms with Crippen LogP contribution in [0.5, 0.6) is 5.75 Å². The highest BCUT2D eigenvalue weighted by molar-refractivity contribution is 7.89. The summed E-state index contributed by atoms with van der Waals surface area (Å²) in [5, 5.41) is 3.00. The lowest BCUT2D eigenvalue weighted by Crippen LogP contribution is -2.45. The van der Waals surface area contributed by atoms with Gasteiger partial charge in [0.2, 0.25) is 15.9 Å². The van der Waals surface area contributed by atoms with Crippen LogP contribution in [-0.4, -0.2) is 69.9 Å². The smallest absolute Gasteiger partial charge is 0.243 e. The van der Waals surface area contributed by atoms with Crippen LogP contribution in [0, 0.1) is 5.92 Å². The van der Waals surface area contributed by atoms with Gasteiger partial charge in [-0.05, 0) is 76.0 Å². The van der Waals surface area contributed by atoms with E-state index in [1.807, 2.05) is 0 Å². The second-order valence-corrected chi connectivity index (χ2v) is 9.51. The number of nitrogens with zero attached hydrogens (tertiary/aromatic N) is 2. The molecule has 0 spiro atoms. The van der Waals surface area contributed by atoms with E-state index in [-0.39, 0.29) is 23.3 Å². The van der Waals surface area contributed by atoms with E-state index in [2.05, 4.69) is 10.2 Å². The SMILES string of the molecule is COc1ccc(S(=O)(=O)N2CCC[C@H](C(=O)NCCCN3CCCC3)C2)cc1. The average Bonchev–Trinajstić information content (AvgIpc) is 3.24. The maximum absolute atomic E-state index is 12.9. The summed E-state index contributed by atoms with van der Waals surface area (Å²) in [6.45, 7) is 4.68. The van der Waals surface area contributed by atoms with E-state index >= 15 is 0 Å². The molecule has 3 rings (SSSR count). The molecule has 1 aromatic rings. The zero-order valence-electron chi connectivity index (χ0n) is 16.6. The molecule has 2 aliphatic rings. The highest BCUT2D eigenvalue weighted by atomic mass is 32.2. The number of amides is 1. The second kappa shape index (κ2) is 9.71. The fraction of sp³-hybridized carbons (Fsp3) is 0.650. The molecular formula is C20H31N3O4S. The Hall–Kier alpha value is -1.64. The summed E-state index contributed by atoms with van der Waals surface area (Å²) in [4.78, 5) is 15.2. The first-order valence-corrected chi connectivity index (χ1v) is 11.6. The standard InChI is InChI=1S/C20H31N3O4S/c1-27-18-7-9-19(10-8-18)28(25,26)23-15-4-6-17(16-23)20(24)21-11-5-14-22-12-2-3-13-22/h7-10,17H,2-6,11-16H2,1H3,(H,21,24)/t17-/m0/s1. The van der Waals surface area contributed by atoms with Gasteiger partial charge in [0, 0.05) is 19.6 Å².